The number of imidazole rings is 1. The molecule has 0 aliphatic heterocycles. The molecule has 4 nitrogen and oxygen atoms in total. The van der Waals surface area contributed by atoms with Gasteiger partial charge in [-0.15, -0.1) is 0 Å². The highest BCUT2D eigenvalue weighted by molar-refractivity contribution is 5.66. The number of hydrogen-bond donors (Lipinski definition) is 1. The van der Waals surface area contributed by atoms with E-state index in [1.807, 2.05) is 10.9 Å². The van der Waals surface area contributed by atoms with Crippen LogP contribution in [0.25, 0.3) is 0 Å². The van der Waals surface area contributed by atoms with Gasteiger partial charge in [0, 0.05) is 18.2 Å². The van der Waals surface area contributed by atoms with Gasteiger partial charge in [0.1, 0.15) is 0 Å². The summed E-state index contributed by atoms with van der Waals surface area (Å²) in [6.45, 7) is 0.536. The van der Waals surface area contributed by atoms with Crippen molar-refractivity contribution in [2.75, 3.05) is 0 Å². The Hall–Kier alpha value is -1.32. The average Bonchev–Trinajstić information content (AvgIpc) is 2.84. The molecule has 0 atom stereocenters. The molecule has 1 aromatic heterocycles. The number of aryl methyl sites for hydroxylation is 1. The first-order valence-electron chi connectivity index (χ1n) is 7.87. The molecule has 20 heavy (non-hydrogen) atoms. The van der Waals surface area contributed by atoms with Gasteiger partial charge in [0.15, 0.2) is 0 Å². The molecule has 0 saturated heterocycles. The molecule has 0 amide bonds. The number of carbonyl (C=O) groups is 1. The van der Waals surface area contributed by atoms with E-state index in [1.54, 1.807) is 0 Å². The summed E-state index contributed by atoms with van der Waals surface area (Å²) in [4.78, 5) is 15.3. The van der Waals surface area contributed by atoms with E-state index in [-0.39, 0.29) is 6.42 Å². The Morgan fingerprint density at radius 1 is 1.25 bits per heavy atom. The molecule has 4 aliphatic carbocycles. The van der Waals surface area contributed by atoms with Gasteiger partial charge in [-0.3, -0.25) is 4.79 Å². The van der Waals surface area contributed by atoms with Crippen LogP contribution in [0.5, 0.6) is 0 Å². The van der Waals surface area contributed by atoms with E-state index in [1.165, 1.54) is 44.2 Å². The summed E-state index contributed by atoms with van der Waals surface area (Å²) in [6.07, 6.45) is 12.4. The van der Waals surface area contributed by atoms with Gasteiger partial charge in [-0.25, -0.2) is 4.98 Å². The molecule has 4 saturated carbocycles. The zero-order valence-corrected chi connectivity index (χ0v) is 11.8. The first-order valence-corrected chi connectivity index (χ1v) is 7.87. The second-order valence-electron chi connectivity index (χ2n) is 7.34. The predicted octanol–water partition coefficient (Wildman–Crippen LogP) is 2.83. The highest BCUT2D eigenvalue weighted by Crippen LogP contribution is 2.60. The summed E-state index contributed by atoms with van der Waals surface area (Å²) in [6, 6.07) is 0. The van der Waals surface area contributed by atoms with Crippen molar-refractivity contribution in [3.05, 3.63) is 18.2 Å². The lowest BCUT2D eigenvalue weighted by Crippen LogP contribution is -2.48. The van der Waals surface area contributed by atoms with Gasteiger partial charge < -0.3 is 9.67 Å². The number of carboxylic acids is 1. The SMILES string of the molecule is O=C(O)CCn1cnc(C23CC4CC(CC(C4)C2)C3)c1. The minimum absolute atomic E-state index is 0.177. The van der Waals surface area contributed by atoms with Crippen molar-refractivity contribution in [1.29, 1.82) is 0 Å². The molecule has 4 heteroatoms. The zero-order valence-electron chi connectivity index (χ0n) is 11.8. The first-order chi connectivity index (χ1) is 9.63. The van der Waals surface area contributed by atoms with E-state index in [2.05, 4.69) is 11.2 Å². The molecule has 0 unspecified atom stereocenters. The zero-order chi connectivity index (χ0) is 13.7. The Morgan fingerprint density at radius 3 is 2.40 bits per heavy atom. The predicted molar refractivity (Wildman–Crippen MR) is 74.3 cm³/mol. The fourth-order valence-corrected chi connectivity index (χ4v) is 5.41. The van der Waals surface area contributed by atoms with Crippen LogP contribution in [0.3, 0.4) is 0 Å². The molecule has 0 radical (unpaired) electrons. The summed E-state index contributed by atoms with van der Waals surface area (Å²) in [5.41, 5.74) is 1.56. The van der Waals surface area contributed by atoms with Crippen LogP contribution in [0, 0.1) is 17.8 Å². The van der Waals surface area contributed by atoms with Gasteiger partial charge in [0.2, 0.25) is 0 Å². The lowest BCUT2D eigenvalue weighted by atomic mass is 9.49. The van der Waals surface area contributed by atoms with Crippen molar-refractivity contribution in [3.63, 3.8) is 0 Å². The quantitative estimate of drug-likeness (QED) is 0.918. The monoisotopic (exact) mass is 274 g/mol. The molecular formula is C16H22N2O2. The van der Waals surface area contributed by atoms with Crippen molar-refractivity contribution in [1.82, 2.24) is 9.55 Å². The molecule has 0 aromatic carbocycles. The molecule has 4 bridgehead atoms. The van der Waals surface area contributed by atoms with Crippen LogP contribution in [-0.2, 0) is 16.8 Å². The maximum absolute atomic E-state index is 10.7. The summed E-state index contributed by atoms with van der Waals surface area (Å²) in [7, 11) is 0. The van der Waals surface area contributed by atoms with Crippen molar-refractivity contribution >= 4 is 5.97 Å². The molecule has 5 rings (SSSR count). The van der Waals surface area contributed by atoms with Crippen LogP contribution in [0.15, 0.2) is 12.5 Å². The van der Waals surface area contributed by atoms with Crippen LogP contribution >= 0.6 is 0 Å². The van der Waals surface area contributed by atoms with E-state index < -0.39 is 5.97 Å². The number of carboxylic acid groups (broad SMARTS) is 1. The third kappa shape index (κ3) is 1.97. The standard InChI is InChI=1S/C16H22N2O2/c19-15(20)1-2-18-9-14(17-10-18)16-6-11-3-12(7-16)5-13(4-11)8-16/h9-13H,1-8H2,(H,19,20). The van der Waals surface area contributed by atoms with Crippen molar-refractivity contribution in [2.24, 2.45) is 17.8 Å². The third-order valence-electron chi connectivity index (χ3n) is 5.80. The second kappa shape index (κ2) is 4.34. The molecule has 1 N–H and O–H groups in total. The second-order valence-corrected chi connectivity index (χ2v) is 7.34. The van der Waals surface area contributed by atoms with E-state index in [4.69, 9.17) is 5.11 Å². The molecule has 1 aromatic rings. The number of aromatic nitrogens is 2. The van der Waals surface area contributed by atoms with Crippen molar-refractivity contribution in [2.45, 2.75) is 56.9 Å². The van der Waals surface area contributed by atoms with Crippen molar-refractivity contribution in [3.8, 4) is 0 Å². The van der Waals surface area contributed by atoms with Crippen LogP contribution in [0.1, 0.15) is 50.6 Å². The summed E-state index contributed by atoms with van der Waals surface area (Å²) in [5.74, 6) is 2.02. The Balaban J connectivity index is 1.56. The number of aliphatic carboxylic acids is 1. The van der Waals surface area contributed by atoms with Crippen LogP contribution < -0.4 is 0 Å². The van der Waals surface area contributed by atoms with E-state index in [0.29, 0.717) is 12.0 Å². The van der Waals surface area contributed by atoms with Crippen LogP contribution in [-0.4, -0.2) is 20.6 Å². The average molecular weight is 274 g/mol. The van der Waals surface area contributed by atoms with Crippen molar-refractivity contribution < 1.29 is 9.90 Å². The van der Waals surface area contributed by atoms with E-state index >= 15 is 0 Å². The molecule has 1 heterocycles. The topological polar surface area (TPSA) is 55.1 Å². The Kier molecular flexibility index (Phi) is 2.69. The van der Waals surface area contributed by atoms with Gasteiger partial charge in [0.25, 0.3) is 0 Å². The third-order valence-corrected chi connectivity index (χ3v) is 5.80. The number of hydrogen-bond acceptors (Lipinski definition) is 2. The van der Waals surface area contributed by atoms with Gasteiger partial charge in [-0.2, -0.15) is 0 Å². The fourth-order valence-electron chi connectivity index (χ4n) is 5.41. The summed E-state index contributed by atoms with van der Waals surface area (Å²) >= 11 is 0. The number of nitrogens with zero attached hydrogens (tertiary/aromatic N) is 2. The fraction of sp³-hybridized carbons (Fsp3) is 0.750. The van der Waals surface area contributed by atoms with Gasteiger partial charge in [-0.05, 0) is 56.3 Å². The highest BCUT2D eigenvalue weighted by Gasteiger charge is 2.52. The Bertz CT molecular complexity index is 499. The summed E-state index contributed by atoms with van der Waals surface area (Å²) < 4.78 is 1.96. The van der Waals surface area contributed by atoms with Gasteiger partial charge in [-0.1, -0.05) is 0 Å². The highest BCUT2D eigenvalue weighted by atomic mass is 16.4. The van der Waals surface area contributed by atoms with E-state index in [9.17, 15) is 4.79 Å². The Morgan fingerprint density at radius 2 is 1.85 bits per heavy atom. The lowest BCUT2D eigenvalue weighted by Gasteiger charge is -2.56. The number of rotatable bonds is 4. The maximum Gasteiger partial charge on any atom is 0.305 e. The molecule has 4 fully saturated rings. The minimum Gasteiger partial charge on any atom is -0.481 e. The normalized spacial score (nSPS) is 38.3. The summed E-state index contributed by atoms with van der Waals surface area (Å²) in [5, 5.41) is 8.78. The van der Waals surface area contributed by atoms with E-state index in [0.717, 1.165) is 17.8 Å². The minimum atomic E-state index is -0.741. The largest absolute Gasteiger partial charge is 0.481 e. The molecular weight excluding hydrogens is 252 g/mol. The Labute approximate surface area is 119 Å². The van der Waals surface area contributed by atoms with Crippen LogP contribution in [0.2, 0.25) is 0 Å². The van der Waals surface area contributed by atoms with Crippen LogP contribution in [0.4, 0.5) is 0 Å². The maximum atomic E-state index is 10.7. The molecule has 108 valence electrons. The molecule has 4 aliphatic rings. The first kappa shape index (κ1) is 12.4. The lowest BCUT2D eigenvalue weighted by molar-refractivity contribution is -0.137. The molecule has 0 spiro atoms. The van der Waals surface area contributed by atoms with Gasteiger partial charge >= 0.3 is 5.97 Å². The van der Waals surface area contributed by atoms with Gasteiger partial charge in [0.05, 0.1) is 18.4 Å². The smallest absolute Gasteiger partial charge is 0.305 e.